The van der Waals surface area contributed by atoms with Crippen molar-refractivity contribution in [3.8, 4) is 5.75 Å². The Hall–Kier alpha value is -5.55. The minimum atomic E-state index is -2.82. The number of anilines is 3. The highest BCUT2D eigenvalue weighted by Crippen LogP contribution is 2.54. The fourth-order valence-electron chi connectivity index (χ4n) is 6.80. The summed E-state index contributed by atoms with van der Waals surface area (Å²) in [7, 11) is 6.28. The van der Waals surface area contributed by atoms with E-state index in [1.165, 1.54) is 25.1 Å². The molecule has 0 spiro atoms. The molecule has 2 aromatic rings. The number of nitro groups is 1. The number of hydrogen-bond acceptors (Lipinski definition) is 12. The zero-order chi connectivity index (χ0) is 34.9. The van der Waals surface area contributed by atoms with Crippen LogP contribution in [0.3, 0.4) is 0 Å². The lowest BCUT2D eigenvalue weighted by Crippen LogP contribution is -2.65. The maximum Gasteiger partial charge on any atom is 0.323 e. The number of phenols is 1. The van der Waals surface area contributed by atoms with Crippen LogP contribution in [0.5, 0.6) is 5.75 Å². The first-order chi connectivity index (χ1) is 21.9. The molecule has 3 amide bonds. The van der Waals surface area contributed by atoms with E-state index in [0.717, 1.165) is 18.2 Å². The van der Waals surface area contributed by atoms with Gasteiger partial charge in [0, 0.05) is 43.0 Å². The Balaban J connectivity index is 1.61. The number of fused-ring (bicyclic) bond motifs is 3. The van der Waals surface area contributed by atoms with Gasteiger partial charge in [-0.1, -0.05) is 0 Å². The monoisotopic (exact) mass is 654 g/mol. The average Bonchev–Trinajstić information content (AvgIpc) is 2.96. The number of rotatable bonds is 6. The molecule has 17 heteroatoms. The number of nitrogens with two attached hydrogens (primary N) is 1. The largest absolute Gasteiger partial charge is 0.508 e. The van der Waals surface area contributed by atoms with Gasteiger partial charge in [-0.3, -0.25) is 29.4 Å². The lowest BCUT2D eigenvalue weighted by Gasteiger charge is -2.50. The number of aliphatic hydroxyl groups excluding tert-OH is 2. The average molecular weight is 655 g/mol. The van der Waals surface area contributed by atoms with E-state index in [1.54, 1.807) is 19.0 Å². The minimum absolute atomic E-state index is 0.0152. The van der Waals surface area contributed by atoms with Crippen LogP contribution >= 0.6 is 0 Å². The molecule has 0 radical (unpaired) electrons. The molecule has 2 aromatic carbocycles. The van der Waals surface area contributed by atoms with Crippen molar-refractivity contribution in [2.75, 3.05) is 43.7 Å². The number of carbonyl (C=O) groups excluding carboxylic acids is 4. The third kappa shape index (κ3) is 4.99. The lowest BCUT2D eigenvalue weighted by molar-refractivity contribution is -0.387. The summed E-state index contributed by atoms with van der Waals surface area (Å²) in [5, 5.41) is 61.5. The maximum atomic E-state index is 14.1. The van der Waals surface area contributed by atoms with Crippen molar-refractivity contribution in [3.05, 3.63) is 68.2 Å². The molecule has 0 heterocycles. The summed E-state index contributed by atoms with van der Waals surface area (Å²) in [6.45, 7) is 0. The first-order valence-electron chi connectivity index (χ1n) is 14.1. The predicted octanol–water partition coefficient (Wildman–Crippen LogP) is 1.72. The second-order valence-electron chi connectivity index (χ2n) is 12.0. The van der Waals surface area contributed by atoms with E-state index in [4.69, 9.17) is 5.73 Å². The van der Waals surface area contributed by atoms with Gasteiger partial charge in [0.1, 0.15) is 17.1 Å². The van der Waals surface area contributed by atoms with E-state index in [1.807, 2.05) is 0 Å². The fraction of sp³-hybridized carbons (Fsp3) is 0.333. The molecule has 0 unspecified atom stereocenters. The number of nitrogens with one attached hydrogen (secondary N) is 2. The van der Waals surface area contributed by atoms with Gasteiger partial charge in [0.2, 0.25) is 11.6 Å². The van der Waals surface area contributed by atoms with E-state index in [2.05, 4.69) is 10.6 Å². The summed E-state index contributed by atoms with van der Waals surface area (Å²) in [6.07, 6.45) is -0.0903. The van der Waals surface area contributed by atoms with Gasteiger partial charge >= 0.3 is 11.7 Å². The van der Waals surface area contributed by atoms with Gasteiger partial charge in [0.05, 0.1) is 22.2 Å². The van der Waals surface area contributed by atoms with Crippen molar-refractivity contribution in [2.24, 2.45) is 17.6 Å². The van der Waals surface area contributed by atoms with Crippen molar-refractivity contribution in [3.63, 3.8) is 0 Å². The number of ketones is 2. The van der Waals surface area contributed by atoms with E-state index >= 15 is 0 Å². The fourth-order valence-corrected chi connectivity index (χ4v) is 6.80. The number of halogens is 1. The molecule has 0 aliphatic heterocycles. The highest BCUT2D eigenvalue weighted by Gasteiger charge is 2.64. The van der Waals surface area contributed by atoms with E-state index < -0.39 is 86.3 Å². The molecule has 1 saturated carbocycles. The van der Waals surface area contributed by atoms with E-state index in [-0.39, 0.29) is 35.4 Å². The number of likely N-dealkylation sites (N-methyl/N-ethyl adjacent to an activating group) is 1. The van der Waals surface area contributed by atoms with Crippen LogP contribution in [0.2, 0.25) is 0 Å². The van der Waals surface area contributed by atoms with Crippen molar-refractivity contribution < 1.29 is 48.9 Å². The van der Waals surface area contributed by atoms with E-state index in [9.17, 15) is 54.1 Å². The number of benzene rings is 2. The molecule has 3 aliphatic rings. The molecule has 8 N–H and O–H groups in total. The lowest BCUT2D eigenvalue weighted by atomic mass is 9.57. The second kappa shape index (κ2) is 11.4. The van der Waals surface area contributed by atoms with Crippen molar-refractivity contribution in [1.82, 2.24) is 4.90 Å². The summed E-state index contributed by atoms with van der Waals surface area (Å²) in [5.41, 5.74) is 0.417. The molecule has 1 fully saturated rings. The van der Waals surface area contributed by atoms with Crippen molar-refractivity contribution in [2.45, 2.75) is 24.5 Å². The van der Waals surface area contributed by atoms with Gasteiger partial charge in [-0.25, -0.2) is 4.79 Å². The number of primary amides is 1. The van der Waals surface area contributed by atoms with Crippen LogP contribution in [0.15, 0.2) is 41.2 Å². The molecule has 5 rings (SSSR count). The van der Waals surface area contributed by atoms with Crippen LogP contribution < -0.4 is 21.3 Å². The SMILES string of the molecule is CN(C)c1cc(NC(=O)Nc2ccc(F)c([N+](=O)[O-])c2)c(O)c2c1C[C@H]1C[C@@H]3[C@@H](N(C)C)C(=O)C(C(N)=O)=C(O)[C@@]3(O)C(=O)C1=C2O. The number of hydrogen-bond donors (Lipinski definition) is 7. The number of nitrogens with zero attached hydrogens (tertiary/aromatic N) is 3. The molecule has 3 aliphatic carbocycles. The number of carbonyl (C=O) groups is 4. The summed E-state index contributed by atoms with van der Waals surface area (Å²) < 4.78 is 13.8. The molecular formula is C30H31FN6O10. The van der Waals surface area contributed by atoms with Crippen LogP contribution in [0.4, 0.5) is 31.9 Å². The van der Waals surface area contributed by atoms with Gasteiger partial charge in [-0.2, -0.15) is 4.39 Å². The molecule has 248 valence electrons. The molecule has 47 heavy (non-hydrogen) atoms. The normalized spacial score (nSPS) is 23.6. The summed E-state index contributed by atoms with van der Waals surface area (Å²) >= 11 is 0. The molecule has 16 nitrogen and oxygen atoms in total. The Labute approximate surface area is 265 Å². The Morgan fingerprint density at radius 1 is 1.11 bits per heavy atom. The van der Waals surface area contributed by atoms with Gasteiger partial charge in [0.25, 0.3) is 5.91 Å². The Morgan fingerprint density at radius 2 is 1.77 bits per heavy atom. The van der Waals surface area contributed by atoms with Gasteiger partial charge in [-0.05, 0) is 56.6 Å². The quantitative estimate of drug-likeness (QED) is 0.102. The number of amides is 3. The maximum absolute atomic E-state index is 14.1. The number of Topliss-reactive ketones (excluding diaryl/α,β-unsaturated/α-hetero) is 2. The topological polar surface area (TPSA) is 249 Å². The summed E-state index contributed by atoms with van der Waals surface area (Å²) in [4.78, 5) is 65.5. The molecule has 4 atom stereocenters. The minimum Gasteiger partial charge on any atom is -0.508 e. The van der Waals surface area contributed by atoms with Crippen LogP contribution in [0, 0.1) is 27.8 Å². The van der Waals surface area contributed by atoms with Crippen molar-refractivity contribution >= 4 is 52.0 Å². The van der Waals surface area contributed by atoms with Crippen LogP contribution in [-0.2, 0) is 20.8 Å². The zero-order valence-corrected chi connectivity index (χ0v) is 25.5. The molecular weight excluding hydrogens is 623 g/mol. The predicted molar refractivity (Wildman–Crippen MR) is 164 cm³/mol. The van der Waals surface area contributed by atoms with E-state index in [0.29, 0.717) is 11.3 Å². The number of nitro benzene ring substituents is 1. The number of aromatic hydroxyl groups is 1. The Kier molecular flexibility index (Phi) is 7.93. The van der Waals surface area contributed by atoms with Gasteiger partial charge < -0.3 is 41.7 Å². The number of urea groups is 1. The molecule has 0 bridgehead atoms. The van der Waals surface area contributed by atoms with Crippen LogP contribution in [0.1, 0.15) is 17.5 Å². The first kappa shape index (κ1) is 32.8. The zero-order valence-electron chi connectivity index (χ0n) is 25.5. The summed E-state index contributed by atoms with van der Waals surface area (Å²) in [6, 6.07) is 1.81. The van der Waals surface area contributed by atoms with Crippen LogP contribution in [0.25, 0.3) is 5.76 Å². The van der Waals surface area contributed by atoms with Crippen molar-refractivity contribution in [1.29, 1.82) is 0 Å². The first-order valence-corrected chi connectivity index (χ1v) is 14.1. The van der Waals surface area contributed by atoms with Gasteiger partial charge in [-0.15, -0.1) is 0 Å². The summed E-state index contributed by atoms with van der Waals surface area (Å²) in [5.74, 6) is -9.27. The second-order valence-corrected chi connectivity index (χ2v) is 12.0. The highest BCUT2D eigenvalue weighted by molar-refractivity contribution is 6.24. The standard InChI is InChI=1S/C30H31FN6O10/c1-35(2)17-10-16(34-29(44)33-12-5-6-15(31)18(9-12)37(46)47)23(38)20-13(17)7-11-8-14-22(36(3)4)25(40)21(28(32)43)27(42)30(14,45)26(41)19(11)24(20)39/h5-6,9-11,14,22,38-39,42,45H,7-8H2,1-4H3,(H2,32,43)(H2,33,34,44)/t11-,14+,22+,30-/m0/s1. The van der Waals surface area contributed by atoms with Gasteiger partial charge in [0.15, 0.2) is 17.1 Å². The Morgan fingerprint density at radius 3 is 2.34 bits per heavy atom. The van der Waals surface area contributed by atoms with Crippen LogP contribution in [-0.4, -0.2) is 93.6 Å². The highest BCUT2D eigenvalue weighted by atomic mass is 19.1. The number of aliphatic hydroxyl groups is 3. The third-order valence-electron chi connectivity index (χ3n) is 8.83. The number of phenolic OH excluding ortho intramolecular Hbond substituents is 1. The molecule has 0 saturated heterocycles. The smallest absolute Gasteiger partial charge is 0.323 e. The molecule has 0 aromatic heterocycles. The third-order valence-corrected chi connectivity index (χ3v) is 8.83. The Bertz CT molecular complexity index is 1850.